The Morgan fingerprint density at radius 2 is 1.79 bits per heavy atom. The highest BCUT2D eigenvalue weighted by molar-refractivity contribution is 5.86. The molecule has 19 heavy (non-hydrogen) atoms. The quantitative estimate of drug-likeness (QED) is 0.824. The van der Waals surface area contributed by atoms with Crippen LogP contribution in [0, 0.1) is 11.8 Å². The molecule has 0 radical (unpaired) electrons. The molecule has 0 aromatic rings. The molecule has 6 unspecified atom stereocenters. The second-order valence-electron chi connectivity index (χ2n) is 6.25. The van der Waals surface area contributed by atoms with E-state index in [1.165, 1.54) is 12.8 Å². The number of Topliss-reactive ketones (excluding diaryl/α,β-unsaturated/α-hetero) is 1. The first-order valence-corrected chi connectivity index (χ1v) is 7.61. The number of rotatable bonds is 2. The van der Waals surface area contributed by atoms with Crippen LogP contribution >= 0.6 is 0 Å². The highest BCUT2D eigenvalue weighted by Crippen LogP contribution is 2.39. The fourth-order valence-electron chi connectivity index (χ4n) is 4.42. The molecule has 0 spiro atoms. The zero-order valence-electron chi connectivity index (χ0n) is 11.9. The summed E-state index contributed by atoms with van der Waals surface area (Å²) < 4.78 is 11.2. The number of ketones is 1. The number of carbonyl (C=O) groups excluding carboxylic acids is 1. The molecule has 1 N–H and O–H groups in total. The minimum Gasteiger partial charge on any atom is -0.379 e. The maximum absolute atomic E-state index is 12.7. The minimum absolute atomic E-state index is 0.00979. The Hall–Kier alpha value is -0.450. The molecule has 4 heteroatoms. The van der Waals surface area contributed by atoms with Crippen LogP contribution in [0.2, 0.25) is 0 Å². The van der Waals surface area contributed by atoms with E-state index in [0.29, 0.717) is 11.8 Å². The summed E-state index contributed by atoms with van der Waals surface area (Å²) in [4.78, 5) is 12.7. The summed E-state index contributed by atoms with van der Waals surface area (Å²) in [5.74, 6) is 0.882. The van der Waals surface area contributed by atoms with Gasteiger partial charge in [-0.2, -0.15) is 0 Å². The zero-order chi connectivity index (χ0) is 13.4. The van der Waals surface area contributed by atoms with E-state index in [9.17, 15) is 4.79 Å². The van der Waals surface area contributed by atoms with E-state index >= 15 is 0 Å². The summed E-state index contributed by atoms with van der Waals surface area (Å²) >= 11 is 0. The Bertz CT molecular complexity index is 346. The second-order valence-corrected chi connectivity index (χ2v) is 6.25. The van der Waals surface area contributed by atoms with Gasteiger partial charge in [0.15, 0.2) is 0 Å². The molecule has 2 aliphatic carbocycles. The number of fused-ring (bicyclic) bond motifs is 2. The Balaban J connectivity index is 1.81. The molecule has 0 amide bonds. The highest BCUT2D eigenvalue weighted by Gasteiger charge is 2.50. The average Bonchev–Trinajstić information content (AvgIpc) is 2.46. The Morgan fingerprint density at radius 3 is 2.53 bits per heavy atom. The molecule has 3 aliphatic rings. The monoisotopic (exact) mass is 267 g/mol. The number of piperidine rings is 1. The van der Waals surface area contributed by atoms with E-state index in [2.05, 4.69) is 5.32 Å². The number of ether oxygens (including phenoxy) is 2. The van der Waals surface area contributed by atoms with Gasteiger partial charge in [0.25, 0.3) is 0 Å². The Labute approximate surface area is 115 Å². The number of carbonyl (C=O) groups is 1. The van der Waals surface area contributed by atoms with E-state index in [0.717, 1.165) is 25.7 Å². The molecule has 0 aromatic heterocycles. The number of hydrogen-bond donors (Lipinski definition) is 1. The highest BCUT2D eigenvalue weighted by atomic mass is 16.5. The summed E-state index contributed by atoms with van der Waals surface area (Å²) in [6, 6.07) is 0.520. The molecule has 1 heterocycles. The van der Waals surface area contributed by atoms with Crippen LogP contribution in [-0.2, 0) is 14.3 Å². The minimum atomic E-state index is 0.00979. The normalized spacial score (nSPS) is 46.5. The summed E-state index contributed by atoms with van der Waals surface area (Å²) in [5.41, 5.74) is 0. The third-order valence-corrected chi connectivity index (χ3v) is 5.39. The molecular formula is C15H25NO3. The molecule has 6 atom stereocenters. The molecule has 0 bridgehead atoms. The Morgan fingerprint density at radius 1 is 1.00 bits per heavy atom. The van der Waals surface area contributed by atoms with E-state index < -0.39 is 0 Å². The lowest BCUT2D eigenvalue weighted by atomic mass is 9.67. The lowest BCUT2D eigenvalue weighted by Gasteiger charge is -2.50. The van der Waals surface area contributed by atoms with Crippen LogP contribution in [0.4, 0.5) is 0 Å². The molecule has 4 nitrogen and oxygen atoms in total. The van der Waals surface area contributed by atoms with E-state index in [4.69, 9.17) is 9.47 Å². The van der Waals surface area contributed by atoms with Crippen molar-refractivity contribution in [1.82, 2.24) is 5.32 Å². The first kappa shape index (κ1) is 13.5. The van der Waals surface area contributed by atoms with Crippen LogP contribution < -0.4 is 5.32 Å². The Kier molecular flexibility index (Phi) is 3.92. The molecule has 1 aliphatic heterocycles. The van der Waals surface area contributed by atoms with Gasteiger partial charge in [0.05, 0.1) is 12.2 Å². The third kappa shape index (κ3) is 2.24. The lowest BCUT2D eigenvalue weighted by Crippen LogP contribution is -2.66. The maximum atomic E-state index is 12.7. The van der Waals surface area contributed by atoms with Gasteiger partial charge in [-0.3, -0.25) is 4.79 Å². The average molecular weight is 267 g/mol. The number of hydrogen-bond acceptors (Lipinski definition) is 4. The smallest absolute Gasteiger partial charge is 0.142 e. The predicted molar refractivity (Wildman–Crippen MR) is 72.0 cm³/mol. The van der Waals surface area contributed by atoms with Crippen LogP contribution in [0.1, 0.15) is 38.5 Å². The molecule has 3 fully saturated rings. The van der Waals surface area contributed by atoms with Crippen molar-refractivity contribution in [3.8, 4) is 0 Å². The summed E-state index contributed by atoms with van der Waals surface area (Å²) in [6.45, 7) is 0. The third-order valence-electron chi connectivity index (χ3n) is 5.39. The van der Waals surface area contributed by atoms with E-state index in [1.807, 2.05) is 0 Å². The van der Waals surface area contributed by atoms with Crippen molar-refractivity contribution in [3.05, 3.63) is 0 Å². The van der Waals surface area contributed by atoms with Crippen LogP contribution in [0.15, 0.2) is 0 Å². The molecule has 0 aromatic carbocycles. The summed E-state index contributed by atoms with van der Waals surface area (Å²) in [6.07, 6.45) is 6.66. The summed E-state index contributed by atoms with van der Waals surface area (Å²) in [5, 5.41) is 3.73. The SMILES string of the molecule is COC1CCC2C(=O)C3CCCCC3NC2C1OC. The van der Waals surface area contributed by atoms with Gasteiger partial charge in [-0.1, -0.05) is 12.8 Å². The van der Waals surface area contributed by atoms with Crippen molar-refractivity contribution in [1.29, 1.82) is 0 Å². The van der Waals surface area contributed by atoms with Gasteiger partial charge in [0.1, 0.15) is 5.78 Å². The molecular weight excluding hydrogens is 242 g/mol. The van der Waals surface area contributed by atoms with Gasteiger partial charge in [-0.25, -0.2) is 0 Å². The molecule has 108 valence electrons. The molecule has 1 saturated heterocycles. The maximum Gasteiger partial charge on any atom is 0.142 e. The fourth-order valence-corrected chi connectivity index (χ4v) is 4.42. The van der Waals surface area contributed by atoms with Crippen molar-refractivity contribution in [3.63, 3.8) is 0 Å². The lowest BCUT2D eigenvalue weighted by molar-refractivity contribution is -0.146. The second kappa shape index (κ2) is 5.51. The van der Waals surface area contributed by atoms with Crippen LogP contribution in [-0.4, -0.2) is 44.3 Å². The molecule has 2 saturated carbocycles. The van der Waals surface area contributed by atoms with Gasteiger partial charge in [0, 0.05) is 38.1 Å². The molecule has 3 rings (SSSR count). The van der Waals surface area contributed by atoms with Crippen LogP contribution in [0.25, 0.3) is 0 Å². The largest absolute Gasteiger partial charge is 0.379 e. The van der Waals surface area contributed by atoms with Crippen molar-refractivity contribution >= 4 is 5.78 Å². The zero-order valence-corrected chi connectivity index (χ0v) is 11.9. The van der Waals surface area contributed by atoms with Gasteiger partial charge in [0.2, 0.25) is 0 Å². The van der Waals surface area contributed by atoms with Crippen molar-refractivity contribution < 1.29 is 14.3 Å². The van der Waals surface area contributed by atoms with Crippen molar-refractivity contribution in [2.24, 2.45) is 11.8 Å². The standard InChI is InChI=1S/C15H25NO3/c1-18-12-8-7-10-13(15(12)19-2)16-11-6-4-3-5-9(11)14(10)17/h9-13,15-16H,3-8H2,1-2H3. The van der Waals surface area contributed by atoms with Crippen molar-refractivity contribution in [2.45, 2.75) is 62.8 Å². The van der Waals surface area contributed by atoms with Crippen molar-refractivity contribution in [2.75, 3.05) is 14.2 Å². The number of methoxy groups -OCH3 is 2. The van der Waals surface area contributed by atoms with Gasteiger partial charge in [-0.15, -0.1) is 0 Å². The van der Waals surface area contributed by atoms with E-state index in [-0.39, 0.29) is 30.1 Å². The predicted octanol–water partition coefficient (Wildman–Crippen LogP) is 1.53. The van der Waals surface area contributed by atoms with Gasteiger partial charge < -0.3 is 14.8 Å². The first-order valence-electron chi connectivity index (χ1n) is 7.61. The van der Waals surface area contributed by atoms with Crippen LogP contribution in [0.3, 0.4) is 0 Å². The first-order chi connectivity index (χ1) is 9.26. The number of nitrogens with one attached hydrogen (secondary N) is 1. The topological polar surface area (TPSA) is 47.6 Å². The van der Waals surface area contributed by atoms with Gasteiger partial charge >= 0.3 is 0 Å². The van der Waals surface area contributed by atoms with E-state index in [1.54, 1.807) is 14.2 Å². The van der Waals surface area contributed by atoms with Crippen LogP contribution in [0.5, 0.6) is 0 Å². The summed E-state index contributed by atoms with van der Waals surface area (Å²) in [7, 11) is 3.48. The fraction of sp³-hybridized carbons (Fsp3) is 0.933. The van der Waals surface area contributed by atoms with Gasteiger partial charge in [-0.05, 0) is 25.7 Å².